The number of nitrogens with zero attached hydrogens (tertiary/aromatic N) is 7. The molecule has 2 saturated heterocycles. The lowest BCUT2D eigenvalue weighted by Crippen LogP contribution is -2.43. The highest BCUT2D eigenvalue weighted by Crippen LogP contribution is 2.46. The number of amides is 1. The number of anilines is 2. The van der Waals surface area contributed by atoms with E-state index in [1.165, 1.54) is 6.07 Å². The number of hydrogen-bond acceptors (Lipinski definition) is 10. The quantitative estimate of drug-likeness (QED) is 0.116. The Balaban J connectivity index is 1.26. The van der Waals surface area contributed by atoms with Crippen molar-refractivity contribution in [2.24, 2.45) is 5.92 Å². The van der Waals surface area contributed by atoms with E-state index in [0.29, 0.717) is 60.2 Å². The number of alkyl halides is 3. The Hall–Kier alpha value is -4.06. The molecule has 4 aliphatic heterocycles. The molecule has 3 N–H and O–H groups in total. The summed E-state index contributed by atoms with van der Waals surface area (Å²) in [5, 5.41) is 14.7. The summed E-state index contributed by atoms with van der Waals surface area (Å²) in [5.41, 5.74) is 6.71. The molecule has 0 bridgehead atoms. The minimum Gasteiger partial charge on any atom is -0.461 e. The van der Waals surface area contributed by atoms with Crippen LogP contribution < -0.4 is 15.4 Å². The summed E-state index contributed by atoms with van der Waals surface area (Å²) in [6.45, 7) is 5.97. The molecule has 1 aromatic carbocycles. The highest BCUT2D eigenvalue weighted by Gasteiger charge is 2.49. The van der Waals surface area contributed by atoms with E-state index in [1.54, 1.807) is 18.5 Å². The summed E-state index contributed by atoms with van der Waals surface area (Å²) in [6, 6.07) is 2.27. The molecule has 2 aromatic heterocycles. The molecule has 1 unspecified atom stereocenters. The number of halogens is 6. The average molecular weight is 767 g/mol. The minimum atomic E-state index is -4.78. The van der Waals surface area contributed by atoms with Crippen LogP contribution in [-0.2, 0) is 37.0 Å². The second-order valence-electron chi connectivity index (χ2n) is 14.1. The molecule has 6 heterocycles. The summed E-state index contributed by atoms with van der Waals surface area (Å²) in [5.74, 6) is -0.491. The summed E-state index contributed by atoms with van der Waals surface area (Å²) in [6.07, 6.45) is -3.96. The molecular weight excluding hydrogens is 727 g/mol. The van der Waals surface area contributed by atoms with E-state index in [2.05, 4.69) is 10.00 Å². The third-order valence-electron chi connectivity index (χ3n) is 10.8. The molecule has 0 radical (unpaired) electrons. The van der Waals surface area contributed by atoms with Gasteiger partial charge >= 0.3 is 12.2 Å². The van der Waals surface area contributed by atoms with E-state index in [-0.39, 0.29) is 61.6 Å². The second-order valence-corrected chi connectivity index (χ2v) is 14.6. The predicted octanol–water partition coefficient (Wildman–Crippen LogP) is 6.33. The molecule has 2 fully saturated rings. The summed E-state index contributed by atoms with van der Waals surface area (Å²) in [4.78, 5) is 26.6. The number of benzene rings is 1. The van der Waals surface area contributed by atoms with Crippen molar-refractivity contribution in [1.82, 2.24) is 29.7 Å². The van der Waals surface area contributed by atoms with Crippen molar-refractivity contribution in [2.45, 2.75) is 83.5 Å². The fourth-order valence-electron chi connectivity index (χ4n) is 8.31. The SMILES string of the molecule is CCN(O)C(=O)c1nn2c(c1C)CN(c1nc(OCC34CCCN3C[C@@H](C=C(F)F)C4)nc3c1CO[C@H](c1cc(N)cc(Cl)c1C(F)(F)F)C3)CCC2. The van der Waals surface area contributed by atoms with Gasteiger partial charge in [-0.25, -0.2) is 5.06 Å². The standard InChI is InChI=1S/C35H40ClF5N8O4/c1-3-49(51)32(50)30-19(2)26-16-46(7-5-9-48(26)45-30)31-23-17-52-27(22-11-21(42)12-24(36)29(22)35(39,40)41)13-25(23)43-33(44-31)53-18-34-6-4-8-47(34)15-20(14-34)10-28(37)38/h10-12,20,27,51H,3-9,13-18,42H2,1-2H3/t20-,27-,34?/m0/s1. The van der Waals surface area contributed by atoms with Crippen LogP contribution in [0.3, 0.4) is 0 Å². The fourth-order valence-corrected chi connectivity index (χ4v) is 8.65. The van der Waals surface area contributed by atoms with Crippen LogP contribution in [0.5, 0.6) is 6.01 Å². The average Bonchev–Trinajstić information content (AvgIpc) is 3.68. The van der Waals surface area contributed by atoms with Gasteiger partial charge in [-0.1, -0.05) is 11.6 Å². The summed E-state index contributed by atoms with van der Waals surface area (Å²) < 4.78 is 83.5. The number of nitrogens with two attached hydrogens (primary N) is 1. The predicted molar refractivity (Wildman–Crippen MR) is 183 cm³/mol. The molecule has 3 atom stereocenters. The number of carbonyl (C=O) groups excluding carboxylic acids is 1. The maximum Gasteiger partial charge on any atom is 0.418 e. The van der Waals surface area contributed by atoms with Gasteiger partial charge in [0.15, 0.2) is 5.69 Å². The molecule has 53 heavy (non-hydrogen) atoms. The molecule has 0 aliphatic carbocycles. The third-order valence-corrected chi connectivity index (χ3v) is 11.1. The van der Waals surface area contributed by atoms with Crippen molar-refractivity contribution < 1.29 is 41.4 Å². The zero-order valence-corrected chi connectivity index (χ0v) is 30.0. The normalized spacial score (nSPS) is 22.9. The lowest BCUT2D eigenvalue weighted by molar-refractivity contribution is -0.139. The Bertz CT molecular complexity index is 1940. The van der Waals surface area contributed by atoms with Crippen molar-refractivity contribution in [3.63, 3.8) is 0 Å². The Morgan fingerprint density at radius 2 is 2.02 bits per heavy atom. The third kappa shape index (κ3) is 7.15. The first-order valence-electron chi connectivity index (χ1n) is 17.6. The summed E-state index contributed by atoms with van der Waals surface area (Å²) in [7, 11) is 0. The Morgan fingerprint density at radius 1 is 1.23 bits per heavy atom. The molecule has 12 nitrogen and oxygen atoms in total. The number of ether oxygens (including phenoxy) is 2. The van der Waals surface area contributed by atoms with Gasteiger partial charge in [-0.3, -0.25) is 19.6 Å². The van der Waals surface area contributed by atoms with Gasteiger partial charge in [0.05, 0.1) is 46.8 Å². The topological polar surface area (TPSA) is 135 Å². The van der Waals surface area contributed by atoms with E-state index in [1.807, 2.05) is 4.90 Å². The number of hydroxylamine groups is 2. The Labute approximate surface area is 307 Å². The highest BCUT2D eigenvalue weighted by molar-refractivity contribution is 6.31. The van der Waals surface area contributed by atoms with Gasteiger partial charge in [-0.2, -0.15) is 37.0 Å². The van der Waals surface area contributed by atoms with Gasteiger partial charge in [-0.15, -0.1) is 0 Å². The first-order chi connectivity index (χ1) is 25.2. The van der Waals surface area contributed by atoms with Crippen LogP contribution in [0.25, 0.3) is 0 Å². The van der Waals surface area contributed by atoms with Crippen LogP contribution in [0.2, 0.25) is 5.02 Å². The first-order valence-corrected chi connectivity index (χ1v) is 18.0. The van der Waals surface area contributed by atoms with Crippen LogP contribution in [-0.4, -0.2) is 79.2 Å². The van der Waals surface area contributed by atoms with Gasteiger partial charge in [0, 0.05) is 49.4 Å². The molecule has 18 heteroatoms. The summed E-state index contributed by atoms with van der Waals surface area (Å²) >= 11 is 6.09. The molecule has 0 saturated carbocycles. The van der Waals surface area contributed by atoms with Crippen LogP contribution in [0, 0.1) is 12.8 Å². The zero-order valence-electron chi connectivity index (χ0n) is 29.2. The largest absolute Gasteiger partial charge is 0.461 e. The number of fused-ring (bicyclic) bond motifs is 3. The first kappa shape index (κ1) is 37.3. The van der Waals surface area contributed by atoms with E-state index in [0.717, 1.165) is 37.2 Å². The molecule has 3 aromatic rings. The second kappa shape index (κ2) is 14.3. The molecular formula is C35H40ClF5N8O4. The monoisotopic (exact) mass is 766 g/mol. The number of rotatable bonds is 8. The van der Waals surface area contributed by atoms with E-state index < -0.39 is 40.4 Å². The van der Waals surface area contributed by atoms with Crippen molar-refractivity contribution in [2.75, 3.05) is 43.4 Å². The number of hydrogen-bond donors (Lipinski definition) is 2. The van der Waals surface area contributed by atoms with Crippen LogP contribution in [0.4, 0.5) is 33.5 Å². The smallest absolute Gasteiger partial charge is 0.418 e. The van der Waals surface area contributed by atoms with Crippen molar-refractivity contribution in [3.8, 4) is 6.01 Å². The Morgan fingerprint density at radius 3 is 2.75 bits per heavy atom. The van der Waals surface area contributed by atoms with Crippen LogP contribution >= 0.6 is 11.6 Å². The van der Waals surface area contributed by atoms with Gasteiger partial charge in [0.1, 0.15) is 12.4 Å². The molecule has 0 spiro atoms. The van der Waals surface area contributed by atoms with Gasteiger partial charge in [-0.05, 0) is 75.8 Å². The van der Waals surface area contributed by atoms with Crippen LogP contribution in [0.15, 0.2) is 24.3 Å². The van der Waals surface area contributed by atoms with E-state index >= 15 is 0 Å². The lowest BCUT2D eigenvalue weighted by Gasteiger charge is -2.33. The van der Waals surface area contributed by atoms with E-state index in [9.17, 15) is 32.0 Å². The molecule has 286 valence electrons. The van der Waals surface area contributed by atoms with E-state index in [4.69, 9.17) is 36.8 Å². The highest BCUT2D eigenvalue weighted by atomic mass is 35.5. The van der Waals surface area contributed by atoms with Crippen LogP contribution in [0.1, 0.15) is 82.8 Å². The lowest BCUT2D eigenvalue weighted by atomic mass is 9.91. The maximum atomic E-state index is 14.3. The Kier molecular flexibility index (Phi) is 10.1. The van der Waals surface area contributed by atoms with Crippen molar-refractivity contribution in [1.29, 1.82) is 0 Å². The number of aryl methyl sites for hydroxylation is 1. The van der Waals surface area contributed by atoms with Crippen molar-refractivity contribution in [3.05, 3.63) is 68.6 Å². The molecule has 7 rings (SSSR count). The minimum absolute atomic E-state index is 0.00199. The number of carbonyl (C=O) groups is 1. The van der Waals surface area contributed by atoms with Gasteiger partial charge in [0.25, 0.3) is 12.0 Å². The zero-order chi connectivity index (χ0) is 37.8. The number of nitrogen functional groups attached to an aromatic ring is 1. The molecule has 1 amide bonds. The van der Waals surface area contributed by atoms with Gasteiger partial charge < -0.3 is 20.1 Å². The maximum absolute atomic E-state index is 14.3. The van der Waals surface area contributed by atoms with Gasteiger partial charge in [0.2, 0.25) is 0 Å². The fraction of sp³-hybridized carbons (Fsp3) is 0.543. The number of aromatic nitrogens is 4. The van der Waals surface area contributed by atoms with Crippen molar-refractivity contribution >= 4 is 29.0 Å². The molecule has 4 aliphatic rings.